The fourth-order valence-corrected chi connectivity index (χ4v) is 3.59. The Kier molecular flexibility index (Phi) is 4.18. The van der Waals surface area contributed by atoms with Crippen molar-refractivity contribution in [1.29, 1.82) is 0 Å². The Morgan fingerprint density at radius 3 is 2.38 bits per heavy atom. The van der Waals surface area contributed by atoms with Gasteiger partial charge in [0.05, 0.1) is 14.8 Å². The number of pyridine rings is 1. The summed E-state index contributed by atoms with van der Waals surface area (Å²) in [7, 11) is -3.98. The molecule has 2 rings (SSSR count). The maximum atomic E-state index is 12.4. The van der Waals surface area contributed by atoms with Crippen LogP contribution in [0.5, 0.6) is 0 Å². The zero-order chi connectivity index (χ0) is 15.8. The molecule has 1 aromatic carbocycles. The average molecular weight is 347 g/mol. The Bertz CT molecular complexity index is 820. The van der Waals surface area contributed by atoms with E-state index in [-0.39, 0.29) is 20.6 Å². The zero-order valence-electron chi connectivity index (χ0n) is 10.6. The summed E-state index contributed by atoms with van der Waals surface area (Å²) in [6, 6.07) is 4.80. The number of sulfone groups is 1. The van der Waals surface area contributed by atoms with Crippen LogP contribution in [0.1, 0.15) is 5.56 Å². The summed E-state index contributed by atoms with van der Waals surface area (Å²) in [5, 5.41) is 10.5. The van der Waals surface area contributed by atoms with Crippen LogP contribution in [-0.4, -0.2) is 18.3 Å². The van der Waals surface area contributed by atoms with Crippen molar-refractivity contribution in [2.45, 2.75) is 16.8 Å². The zero-order valence-corrected chi connectivity index (χ0v) is 12.9. The fourth-order valence-electron chi connectivity index (χ4n) is 1.59. The predicted octanol–water partition coefficient (Wildman–Crippen LogP) is 3.44. The predicted molar refractivity (Wildman–Crippen MR) is 77.5 cm³/mol. The van der Waals surface area contributed by atoms with Crippen LogP contribution < -0.4 is 0 Å². The molecule has 0 aliphatic carbocycles. The van der Waals surface area contributed by atoms with Gasteiger partial charge in [-0.05, 0) is 30.7 Å². The molecule has 0 aliphatic rings. The normalized spacial score (nSPS) is 11.4. The molecule has 0 bridgehead atoms. The van der Waals surface area contributed by atoms with E-state index in [4.69, 9.17) is 23.2 Å². The van der Waals surface area contributed by atoms with Crippen molar-refractivity contribution in [3.63, 3.8) is 0 Å². The van der Waals surface area contributed by atoms with Crippen molar-refractivity contribution in [2.75, 3.05) is 0 Å². The molecule has 0 unspecified atom stereocenters. The minimum atomic E-state index is -3.98. The van der Waals surface area contributed by atoms with E-state index in [1.165, 1.54) is 12.1 Å². The molecule has 0 atom stereocenters. The molecule has 2 aromatic rings. The molecule has 21 heavy (non-hydrogen) atoms. The van der Waals surface area contributed by atoms with Gasteiger partial charge >= 0.3 is 0 Å². The highest BCUT2D eigenvalue weighted by atomic mass is 35.5. The summed E-state index contributed by atoms with van der Waals surface area (Å²) in [6.45, 7) is 1.64. The Hall–Kier alpha value is -1.70. The third kappa shape index (κ3) is 2.99. The lowest BCUT2D eigenvalue weighted by Gasteiger charge is -2.08. The molecule has 1 heterocycles. The first-order valence-corrected chi connectivity index (χ1v) is 7.78. The largest absolute Gasteiger partial charge is 0.287 e. The Balaban J connectivity index is 2.57. The Morgan fingerprint density at radius 1 is 1.19 bits per heavy atom. The second-order valence-electron chi connectivity index (χ2n) is 4.15. The quantitative estimate of drug-likeness (QED) is 0.627. The van der Waals surface area contributed by atoms with E-state index >= 15 is 0 Å². The molecule has 0 N–H and O–H groups in total. The summed E-state index contributed by atoms with van der Waals surface area (Å²) in [5.74, 6) is 0. The third-order valence-electron chi connectivity index (χ3n) is 2.71. The van der Waals surface area contributed by atoms with E-state index in [0.717, 1.165) is 18.3 Å². The minimum Gasteiger partial charge on any atom is -0.258 e. The van der Waals surface area contributed by atoms with Gasteiger partial charge in [0.1, 0.15) is 6.20 Å². The summed E-state index contributed by atoms with van der Waals surface area (Å²) < 4.78 is 24.9. The topological polar surface area (TPSA) is 90.2 Å². The summed E-state index contributed by atoms with van der Waals surface area (Å²) >= 11 is 11.8. The van der Waals surface area contributed by atoms with Crippen LogP contribution in [0.2, 0.25) is 10.0 Å². The molecule has 0 radical (unpaired) electrons. The smallest absolute Gasteiger partial charge is 0.258 e. The number of aryl methyl sites for hydroxylation is 1. The van der Waals surface area contributed by atoms with Gasteiger partial charge in [-0.3, -0.25) is 10.1 Å². The maximum absolute atomic E-state index is 12.4. The molecule has 0 amide bonds. The van der Waals surface area contributed by atoms with Crippen LogP contribution in [0.15, 0.2) is 40.4 Å². The molecule has 0 spiro atoms. The number of hydrogen-bond acceptors (Lipinski definition) is 5. The van der Waals surface area contributed by atoms with Crippen LogP contribution >= 0.6 is 23.2 Å². The molecule has 0 saturated carbocycles. The van der Waals surface area contributed by atoms with E-state index in [1.807, 2.05) is 0 Å². The number of halogens is 2. The molecule has 6 nitrogen and oxygen atoms in total. The first-order chi connectivity index (χ1) is 9.73. The third-order valence-corrected chi connectivity index (χ3v) is 5.25. The number of hydrogen-bond donors (Lipinski definition) is 0. The maximum Gasteiger partial charge on any atom is 0.287 e. The molecular formula is C12H8Cl2N2O4S. The highest BCUT2D eigenvalue weighted by molar-refractivity contribution is 7.91. The second kappa shape index (κ2) is 5.59. The Labute approximate surface area is 130 Å². The highest BCUT2D eigenvalue weighted by Crippen LogP contribution is 2.31. The van der Waals surface area contributed by atoms with Crippen LogP contribution in [0.25, 0.3) is 0 Å². The van der Waals surface area contributed by atoms with Gasteiger partial charge < -0.3 is 0 Å². The van der Waals surface area contributed by atoms with E-state index in [2.05, 4.69) is 4.98 Å². The van der Waals surface area contributed by atoms with Gasteiger partial charge in [0.2, 0.25) is 9.84 Å². The SMILES string of the molecule is Cc1cc(S(=O)(=O)c2ccc([N+](=O)[O-])cn2)c(Cl)cc1Cl. The van der Waals surface area contributed by atoms with Gasteiger partial charge in [0.25, 0.3) is 5.69 Å². The van der Waals surface area contributed by atoms with Crippen molar-refractivity contribution in [3.05, 3.63) is 56.2 Å². The molecule has 9 heteroatoms. The lowest BCUT2D eigenvalue weighted by atomic mass is 10.2. The molecule has 0 saturated heterocycles. The van der Waals surface area contributed by atoms with Crippen molar-refractivity contribution in [1.82, 2.24) is 4.98 Å². The van der Waals surface area contributed by atoms with Crippen LogP contribution in [-0.2, 0) is 9.84 Å². The number of rotatable bonds is 3. The van der Waals surface area contributed by atoms with E-state index in [9.17, 15) is 18.5 Å². The van der Waals surface area contributed by atoms with Crippen molar-refractivity contribution >= 4 is 38.7 Å². The number of aromatic nitrogens is 1. The summed E-state index contributed by atoms with van der Waals surface area (Å²) in [5.41, 5.74) is 0.244. The lowest BCUT2D eigenvalue weighted by Crippen LogP contribution is -2.06. The number of nitrogens with zero attached hydrogens (tertiary/aromatic N) is 2. The van der Waals surface area contributed by atoms with E-state index < -0.39 is 14.8 Å². The van der Waals surface area contributed by atoms with Crippen molar-refractivity contribution in [2.24, 2.45) is 0 Å². The minimum absolute atomic E-state index is 0.0363. The van der Waals surface area contributed by atoms with Crippen molar-refractivity contribution < 1.29 is 13.3 Å². The number of nitro groups is 1. The number of benzene rings is 1. The fraction of sp³-hybridized carbons (Fsp3) is 0.0833. The van der Waals surface area contributed by atoms with Gasteiger partial charge in [0.15, 0.2) is 5.03 Å². The average Bonchev–Trinajstić information content (AvgIpc) is 2.42. The van der Waals surface area contributed by atoms with Crippen LogP contribution in [0.3, 0.4) is 0 Å². The second-order valence-corrected chi connectivity index (χ2v) is 6.83. The molecule has 0 fully saturated rings. The van der Waals surface area contributed by atoms with Crippen LogP contribution in [0, 0.1) is 17.0 Å². The van der Waals surface area contributed by atoms with E-state index in [0.29, 0.717) is 10.6 Å². The van der Waals surface area contributed by atoms with Crippen LogP contribution in [0.4, 0.5) is 5.69 Å². The van der Waals surface area contributed by atoms with Gasteiger partial charge in [-0.2, -0.15) is 0 Å². The first kappa shape index (κ1) is 15.7. The highest BCUT2D eigenvalue weighted by Gasteiger charge is 2.24. The molecule has 110 valence electrons. The standard InChI is InChI=1S/C12H8Cl2N2O4S/c1-7-4-11(10(14)5-9(7)13)21(19,20)12-3-2-8(6-15-12)16(17)18/h2-6H,1H3. The van der Waals surface area contributed by atoms with Gasteiger partial charge in [-0.25, -0.2) is 13.4 Å². The van der Waals surface area contributed by atoms with Crippen molar-refractivity contribution in [3.8, 4) is 0 Å². The summed E-state index contributed by atoms with van der Waals surface area (Å²) in [4.78, 5) is 13.4. The van der Waals surface area contributed by atoms with Gasteiger partial charge in [-0.15, -0.1) is 0 Å². The molecule has 1 aromatic heterocycles. The summed E-state index contributed by atoms with van der Waals surface area (Å²) in [6.07, 6.45) is 0.879. The lowest BCUT2D eigenvalue weighted by molar-refractivity contribution is -0.385. The van der Waals surface area contributed by atoms with Gasteiger partial charge in [-0.1, -0.05) is 23.2 Å². The van der Waals surface area contributed by atoms with E-state index in [1.54, 1.807) is 6.92 Å². The van der Waals surface area contributed by atoms with Gasteiger partial charge in [0, 0.05) is 11.1 Å². The Morgan fingerprint density at radius 2 is 1.86 bits per heavy atom. The first-order valence-electron chi connectivity index (χ1n) is 5.54. The monoisotopic (exact) mass is 346 g/mol. The molecular weight excluding hydrogens is 339 g/mol. The molecule has 0 aliphatic heterocycles.